The lowest BCUT2D eigenvalue weighted by molar-refractivity contribution is 0.0634. The van der Waals surface area contributed by atoms with Crippen molar-refractivity contribution in [3.05, 3.63) is 17.8 Å². The molecular formula is C20H36N4O3. The molecule has 1 fully saturated rings. The van der Waals surface area contributed by atoms with Crippen LogP contribution in [0, 0.1) is 0 Å². The fourth-order valence-corrected chi connectivity index (χ4v) is 3.54. The Kier molecular flexibility index (Phi) is 9.24. The van der Waals surface area contributed by atoms with E-state index in [2.05, 4.69) is 35.6 Å². The molecular weight excluding hydrogens is 344 g/mol. The van der Waals surface area contributed by atoms with Crippen LogP contribution in [0.2, 0.25) is 0 Å². The minimum absolute atomic E-state index is 0.0385. The summed E-state index contributed by atoms with van der Waals surface area (Å²) in [6.07, 6.45) is 5.02. The van der Waals surface area contributed by atoms with E-state index in [1.807, 2.05) is 4.90 Å². The summed E-state index contributed by atoms with van der Waals surface area (Å²) >= 11 is 0. The second kappa shape index (κ2) is 11.4. The summed E-state index contributed by atoms with van der Waals surface area (Å²) in [5, 5.41) is 9.96. The minimum Gasteiger partial charge on any atom is -0.447 e. The predicted molar refractivity (Wildman–Crippen MR) is 106 cm³/mol. The summed E-state index contributed by atoms with van der Waals surface area (Å²) in [6.45, 7) is 12.8. The third-order valence-corrected chi connectivity index (χ3v) is 4.96. The summed E-state index contributed by atoms with van der Waals surface area (Å²) in [5.74, 6) is 0.564. The van der Waals surface area contributed by atoms with E-state index in [9.17, 15) is 9.90 Å². The van der Waals surface area contributed by atoms with Gasteiger partial charge in [0.1, 0.15) is 6.26 Å². The average Bonchev–Trinajstić information content (AvgIpc) is 3.11. The molecule has 0 radical (unpaired) electrons. The van der Waals surface area contributed by atoms with E-state index in [1.54, 1.807) is 0 Å². The van der Waals surface area contributed by atoms with Crippen molar-refractivity contribution in [3.8, 4) is 0 Å². The number of aliphatic hydroxyl groups excluding tert-OH is 1. The van der Waals surface area contributed by atoms with Crippen LogP contribution >= 0.6 is 0 Å². The number of carbonyl (C=O) groups excluding carboxylic acids is 1. The molecule has 0 aromatic carbocycles. The van der Waals surface area contributed by atoms with Gasteiger partial charge in [0.2, 0.25) is 5.89 Å². The zero-order valence-electron chi connectivity index (χ0n) is 17.2. The lowest BCUT2D eigenvalue weighted by Gasteiger charge is -2.34. The van der Waals surface area contributed by atoms with Crippen LogP contribution in [0.5, 0.6) is 0 Å². The van der Waals surface area contributed by atoms with Gasteiger partial charge < -0.3 is 14.4 Å². The second-order valence-corrected chi connectivity index (χ2v) is 7.44. The van der Waals surface area contributed by atoms with Gasteiger partial charge >= 0.3 is 0 Å². The highest BCUT2D eigenvalue weighted by Crippen LogP contribution is 2.12. The summed E-state index contributed by atoms with van der Waals surface area (Å²) in [4.78, 5) is 23.5. The molecule has 7 nitrogen and oxygen atoms in total. The van der Waals surface area contributed by atoms with E-state index in [1.165, 1.54) is 6.26 Å². The smallest absolute Gasteiger partial charge is 0.275 e. The predicted octanol–water partition coefficient (Wildman–Crippen LogP) is 2.22. The maximum atomic E-state index is 12.6. The van der Waals surface area contributed by atoms with Gasteiger partial charge in [0.15, 0.2) is 5.69 Å². The number of β-amino-alcohol motifs (C(OH)–C–C–N with tert-alkyl or cyclic N) is 1. The topological polar surface area (TPSA) is 73.1 Å². The van der Waals surface area contributed by atoms with Crippen LogP contribution in [0.1, 0.15) is 62.8 Å². The Morgan fingerprint density at radius 3 is 2.37 bits per heavy atom. The molecule has 1 aromatic rings. The van der Waals surface area contributed by atoms with Crippen molar-refractivity contribution in [1.82, 2.24) is 19.7 Å². The van der Waals surface area contributed by atoms with Gasteiger partial charge in [-0.05, 0) is 19.3 Å². The number of oxazole rings is 1. The summed E-state index contributed by atoms with van der Waals surface area (Å²) < 4.78 is 5.56. The number of piperazine rings is 1. The van der Waals surface area contributed by atoms with E-state index in [0.717, 1.165) is 71.5 Å². The van der Waals surface area contributed by atoms with Crippen LogP contribution in [0.25, 0.3) is 0 Å². The van der Waals surface area contributed by atoms with Gasteiger partial charge in [-0.3, -0.25) is 14.6 Å². The molecule has 1 N–H and O–H groups in total. The molecule has 2 rings (SSSR count). The van der Waals surface area contributed by atoms with Crippen molar-refractivity contribution in [1.29, 1.82) is 0 Å². The highest BCUT2D eigenvalue weighted by molar-refractivity contribution is 5.91. The summed E-state index contributed by atoms with van der Waals surface area (Å²) in [7, 11) is 0. The van der Waals surface area contributed by atoms with Gasteiger partial charge in [0, 0.05) is 45.8 Å². The number of carbonyl (C=O) groups is 1. The molecule has 1 aliphatic heterocycles. The monoisotopic (exact) mass is 380 g/mol. The quantitative estimate of drug-likeness (QED) is 0.635. The Hall–Kier alpha value is -1.44. The number of hydrogen-bond acceptors (Lipinski definition) is 6. The van der Waals surface area contributed by atoms with Crippen molar-refractivity contribution >= 4 is 5.91 Å². The van der Waals surface area contributed by atoms with E-state index in [0.29, 0.717) is 18.1 Å². The van der Waals surface area contributed by atoms with Gasteiger partial charge in [0.05, 0.1) is 12.6 Å². The number of aromatic nitrogens is 1. The van der Waals surface area contributed by atoms with Crippen molar-refractivity contribution in [2.75, 3.05) is 45.8 Å². The normalized spacial score (nSPS) is 17.2. The SMILES string of the molecule is CCCC(O)CN1CCN(Cc2nc(C(=O)N(CCC)CCC)co2)CC1. The molecule has 1 unspecified atom stereocenters. The Morgan fingerprint density at radius 1 is 1.15 bits per heavy atom. The Labute approximate surface area is 163 Å². The maximum absolute atomic E-state index is 12.6. The number of amides is 1. The molecule has 27 heavy (non-hydrogen) atoms. The van der Waals surface area contributed by atoms with Gasteiger partial charge in [0.25, 0.3) is 5.91 Å². The first-order chi connectivity index (χ1) is 13.1. The van der Waals surface area contributed by atoms with Crippen LogP contribution in [0.4, 0.5) is 0 Å². The zero-order valence-corrected chi connectivity index (χ0v) is 17.2. The number of nitrogens with zero attached hydrogens (tertiary/aromatic N) is 4. The number of hydrogen-bond donors (Lipinski definition) is 1. The molecule has 0 bridgehead atoms. The van der Waals surface area contributed by atoms with Crippen molar-refractivity contribution < 1.29 is 14.3 Å². The Balaban J connectivity index is 1.81. The number of rotatable bonds is 11. The largest absolute Gasteiger partial charge is 0.447 e. The molecule has 7 heteroatoms. The summed E-state index contributed by atoms with van der Waals surface area (Å²) in [6, 6.07) is 0. The van der Waals surface area contributed by atoms with Crippen molar-refractivity contribution in [2.24, 2.45) is 0 Å². The van der Waals surface area contributed by atoms with Crippen LogP contribution < -0.4 is 0 Å². The summed E-state index contributed by atoms with van der Waals surface area (Å²) in [5.41, 5.74) is 0.410. The molecule has 1 saturated heterocycles. The average molecular weight is 381 g/mol. The lowest BCUT2D eigenvalue weighted by Crippen LogP contribution is -2.48. The highest BCUT2D eigenvalue weighted by Gasteiger charge is 2.22. The van der Waals surface area contributed by atoms with E-state index < -0.39 is 0 Å². The third kappa shape index (κ3) is 6.90. The first-order valence-corrected chi connectivity index (χ1v) is 10.4. The van der Waals surface area contributed by atoms with E-state index in [-0.39, 0.29) is 12.0 Å². The Bertz CT molecular complexity index is 549. The van der Waals surface area contributed by atoms with Crippen LogP contribution in [0.3, 0.4) is 0 Å². The fraction of sp³-hybridized carbons (Fsp3) is 0.800. The lowest BCUT2D eigenvalue weighted by atomic mass is 10.2. The number of aliphatic hydroxyl groups is 1. The zero-order chi connectivity index (χ0) is 19.6. The molecule has 0 aliphatic carbocycles. The Morgan fingerprint density at radius 2 is 1.78 bits per heavy atom. The van der Waals surface area contributed by atoms with Gasteiger partial charge in [-0.1, -0.05) is 27.2 Å². The molecule has 1 aliphatic rings. The third-order valence-electron chi connectivity index (χ3n) is 4.96. The minimum atomic E-state index is -0.226. The van der Waals surface area contributed by atoms with Crippen molar-refractivity contribution in [2.45, 2.75) is 59.1 Å². The molecule has 0 spiro atoms. The molecule has 0 saturated carbocycles. The van der Waals surface area contributed by atoms with Crippen LogP contribution in [-0.4, -0.2) is 82.6 Å². The van der Waals surface area contributed by atoms with E-state index >= 15 is 0 Å². The maximum Gasteiger partial charge on any atom is 0.275 e. The standard InChI is InChI=1S/C20H36N4O3/c1-4-7-17(25)14-22-10-12-23(13-11-22)15-19-21-18(16-27-19)20(26)24(8-5-2)9-6-3/h16-17,25H,4-15H2,1-3H3. The van der Waals surface area contributed by atoms with Crippen LogP contribution in [-0.2, 0) is 6.54 Å². The van der Waals surface area contributed by atoms with Gasteiger partial charge in [-0.25, -0.2) is 4.98 Å². The first-order valence-electron chi connectivity index (χ1n) is 10.4. The molecule has 154 valence electrons. The molecule has 1 atom stereocenters. The fourth-order valence-electron chi connectivity index (χ4n) is 3.54. The van der Waals surface area contributed by atoms with Crippen molar-refractivity contribution in [3.63, 3.8) is 0 Å². The van der Waals surface area contributed by atoms with Gasteiger partial charge in [-0.15, -0.1) is 0 Å². The van der Waals surface area contributed by atoms with Crippen LogP contribution in [0.15, 0.2) is 10.7 Å². The van der Waals surface area contributed by atoms with E-state index in [4.69, 9.17) is 4.42 Å². The molecule has 1 aromatic heterocycles. The molecule has 2 heterocycles. The molecule has 1 amide bonds. The first kappa shape index (κ1) is 21.9. The second-order valence-electron chi connectivity index (χ2n) is 7.44. The van der Waals surface area contributed by atoms with Gasteiger partial charge in [-0.2, -0.15) is 0 Å². The highest BCUT2D eigenvalue weighted by atomic mass is 16.3.